The number of fused-ring (bicyclic) bond motifs is 1. The fourth-order valence-electron chi connectivity index (χ4n) is 2.86. The van der Waals surface area contributed by atoms with Crippen LogP contribution < -0.4 is 0 Å². The molecule has 0 radical (unpaired) electrons. The molecule has 23 heavy (non-hydrogen) atoms. The molecule has 1 heterocycles. The molecule has 6 heteroatoms. The Hall–Kier alpha value is -1.92. The molecule has 0 amide bonds. The zero-order valence-electron chi connectivity index (χ0n) is 13.4. The van der Waals surface area contributed by atoms with E-state index in [9.17, 15) is 19.8 Å². The standard InChI is InChI=1S/C17H22O6/c1-9-4-5-12-13(8-18)17(21)23-16(12)6-10(2)15(7-14(9)20)22-11(3)19/h6,14-16,18,20H,1,4-5,7-8H2,2-3H3/b10-6+/t14-,15-,16+/m0/s1. The molecule has 3 atom stereocenters. The van der Waals surface area contributed by atoms with Gasteiger partial charge in [0.25, 0.3) is 0 Å². The van der Waals surface area contributed by atoms with Crippen molar-refractivity contribution in [3.05, 3.63) is 34.9 Å². The first-order valence-corrected chi connectivity index (χ1v) is 7.58. The summed E-state index contributed by atoms with van der Waals surface area (Å²) in [5.41, 5.74) is 2.22. The molecule has 126 valence electrons. The second-order valence-electron chi connectivity index (χ2n) is 5.91. The topological polar surface area (TPSA) is 93.1 Å². The first-order valence-electron chi connectivity index (χ1n) is 7.58. The van der Waals surface area contributed by atoms with Crippen molar-refractivity contribution in [3.63, 3.8) is 0 Å². The average Bonchev–Trinajstić information content (AvgIpc) is 2.77. The van der Waals surface area contributed by atoms with E-state index >= 15 is 0 Å². The molecule has 0 aromatic carbocycles. The zero-order valence-corrected chi connectivity index (χ0v) is 13.4. The van der Waals surface area contributed by atoms with E-state index in [1.807, 2.05) is 0 Å². The van der Waals surface area contributed by atoms with Gasteiger partial charge in [0.15, 0.2) is 0 Å². The molecule has 0 aromatic rings. The SMILES string of the molecule is C=C1CCC2=C(CO)C(=O)O[C@@H]2/C=C(\C)[C@@H](OC(C)=O)C[C@@H]1O. The largest absolute Gasteiger partial charge is 0.458 e. The minimum atomic E-state index is -0.810. The van der Waals surface area contributed by atoms with Crippen LogP contribution in [0.5, 0.6) is 0 Å². The number of hydrogen-bond acceptors (Lipinski definition) is 6. The number of aliphatic hydroxyl groups excluding tert-OH is 2. The van der Waals surface area contributed by atoms with E-state index in [0.717, 1.165) is 0 Å². The normalized spacial score (nSPS) is 31.1. The van der Waals surface area contributed by atoms with Gasteiger partial charge in [0, 0.05) is 13.3 Å². The maximum atomic E-state index is 11.9. The zero-order chi connectivity index (χ0) is 17.1. The summed E-state index contributed by atoms with van der Waals surface area (Å²) in [6.07, 6.45) is 0.867. The summed E-state index contributed by atoms with van der Waals surface area (Å²) in [7, 11) is 0. The first-order chi connectivity index (χ1) is 10.8. The van der Waals surface area contributed by atoms with E-state index in [1.54, 1.807) is 13.0 Å². The second kappa shape index (κ2) is 7.10. The van der Waals surface area contributed by atoms with Gasteiger partial charge in [0.05, 0.1) is 18.3 Å². The Morgan fingerprint density at radius 1 is 1.48 bits per heavy atom. The number of aliphatic hydroxyl groups is 2. The van der Waals surface area contributed by atoms with Gasteiger partial charge in [-0.15, -0.1) is 0 Å². The van der Waals surface area contributed by atoms with Crippen molar-refractivity contribution in [3.8, 4) is 0 Å². The van der Waals surface area contributed by atoms with Gasteiger partial charge in [-0.3, -0.25) is 4.79 Å². The van der Waals surface area contributed by atoms with Crippen LogP contribution in [0.3, 0.4) is 0 Å². The molecule has 2 rings (SSSR count). The summed E-state index contributed by atoms with van der Waals surface area (Å²) in [4.78, 5) is 23.1. The molecule has 2 aliphatic rings. The van der Waals surface area contributed by atoms with E-state index < -0.39 is 30.3 Å². The van der Waals surface area contributed by atoms with Gasteiger partial charge in [0.1, 0.15) is 12.2 Å². The number of rotatable bonds is 2. The third-order valence-corrected chi connectivity index (χ3v) is 4.22. The number of carbonyl (C=O) groups is 2. The fraction of sp³-hybridized carbons (Fsp3) is 0.529. The van der Waals surface area contributed by atoms with E-state index in [4.69, 9.17) is 9.47 Å². The van der Waals surface area contributed by atoms with E-state index in [0.29, 0.717) is 29.6 Å². The highest BCUT2D eigenvalue weighted by atomic mass is 16.6. The Balaban J connectivity index is 2.41. The number of carbonyl (C=O) groups excluding carboxylic acids is 2. The van der Waals surface area contributed by atoms with Gasteiger partial charge in [-0.05, 0) is 42.6 Å². The third kappa shape index (κ3) is 3.89. The molecule has 0 aromatic heterocycles. The highest BCUT2D eigenvalue weighted by molar-refractivity contribution is 5.93. The predicted molar refractivity (Wildman–Crippen MR) is 82.3 cm³/mol. The van der Waals surface area contributed by atoms with Crippen LogP contribution >= 0.6 is 0 Å². The van der Waals surface area contributed by atoms with Crippen molar-refractivity contribution in [2.75, 3.05) is 6.61 Å². The molecular formula is C17H22O6. The summed E-state index contributed by atoms with van der Waals surface area (Å²) in [6.45, 7) is 6.54. The van der Waals surface area contributed by atoms with Crippen LogP contribution in [0.2, 0.25) is 0 Å². The highest BCUT2D eigenvalue weighted by Crippen LogP contribution is 2.32. The molecule has 1 aliphatic heterocycles. The molecule has 0 fully saturated rings. The van der Waals surface area contributed by atoms with Gasteiger partial charge < -0.3 is 19.7 Å². The van der Waals surface area contributed by atoms with Gasteiger partial charge in [-0.25, -0.2) is 4.79 Å². The van der Waals surface area contributed by atoms with Crippen LogP contribution in [0.1, 0.15) is 33.1 Å². The summed E-state index contributed by atoms with van der Waals surface area (Å²) in [6, 6.07) is 0. The average molecular weight is 322 g/mol. The molecule has 0 unspecified atom stereocenters. The molecule has 0 saturated carbocycles. The van der Waals surface area contributed by atoms with Crippen LogP contribution in [0.4, 0.5) is 0 Å². The monoisotopic (exact) mass is 322 g/mol. The van der Waals surface area contributed by atoms with Crippen molar-refractivity contribution in [2.45, 2.75) is 51.4 Å². The van der Waals surface area contributed by atoms with Gasteiger partial charge in [-0.2, -0.15) is 0 Å². The molecular weight excluding hydrogens is 300 g/mol. The maximum absolute atomic E-state index is 11.9. The fourth-order valence-corrected chi connectivity index (χ4v) is 2.86. The predicted octanol–water partition coefficient (Wildman–Crippen LogP) is 1.18. The first kappa shape index (κ1) is 17.4. The van der Waals surface area contributed by atoms with Gasteiger partial charge >= 0.3 is 11.9 Å². The van der Waals surface area contributed by atoms with Crippen LogP contribution in [0.15, 0.2) is 34.9 Å². The molecule has 6 nitrogen and oxygen atoms in total. The van der Waals surface area contributed by atoms with E-state index in [2.05, 4.69) is 6.58 Å². The highest BCUT2D eigenvalue weighted by Gasteiger charge is 2.34. The van der Waals surface area contributed by atoms with Crippen molar-refractivity contribution in [2.24, 2.45) is 0 Å². The van der Waals surface area contributed by atoms with Crippen molar-refractivity contribution in [1.29, 1.82) is 0 Å². The van der Waals surface area contributed by atoms with Crippen LogP contribution in [0.25, 0.3) is 0 Å². The lowest BCUT2D eigenvalue weighted by molar-refractivity contribution is -0.146. The molecule has 0 saturated heterocycles. The van der Waals surface area contributed by atoms with E-state index in [1.165, 1.54) is 6.92 Å². The molecule has 0 bridgehead atoms. The van der Waals surface area contributed by atoms with Gasteiger partial charge in [0.2, 0.25) is 0 Å². The molecule has 2 N–H and O–H groups in total. The Morgan fingerprint density at radius 2 is 2.17 bits per heavy atom. The van der Waals surface area contributed by atoms with Crippen molar-refractivity contribution < 1.29 is 29.3 Å². The summed E-state index contributed by atoms with van der Waals surface area (Å²) in [5, 5.41) is 19.6. The van der Waals surface area contributed by atoms with Crippen LogP contribution in [-0.4, -0.2) is 47.1 Å². The smallest absolute Gasteiger partial charge is 0.337 e. The minimum absolute atomic E-state index is 0.216. The van der Waals surface area contributed by atoms with E-state index in [-0.39, 0.29) is 18.6 Å². The summed E-state index contributed by atoms with van der Waals surface area (Å²) >= 11 is 0. The third-order valence-electron chi connectivity index (χ3n) is 4.22. The Morgan fingerprint density at radius 3 is 2.78 bits per heavy atom. The van der Waals surface area contributed by atoms with Gasteiger partial charge in [-0.1, -0.05) is 6.58 Å². The van der Waals surface area contributed by atoms with Crippen molar-refractivity contribution in [1.82, 2.24) is 0 Å². The lowest BCUT2D eigenvalue weighted by Crippen LogP contribution is -2.27. The molecule has 1 aliphatic carbocycles. The molecule has 0 spiro atoms. The van der Waals surface area contributed by atoms with Crippen molar-refractivity contribution >= 4 is 11.9 Å². The lowest BCUT2D eigenvalue weighted by Gasteiger charge is -2.25. The summed E-state index contributed by atoms with van der Waals surface area (Å²) < 4.78 is 10.6. The summed E-state index contributed by atoms with van der Waals surface area (Å²) in [5.74, 6) is -0.987. The quantitative estimate of drug-likeness (QED) is 0.586. The number of ether oxygens (including phenoxy) is 2. The lowest BCUT2D eigenvalue weighted by atomic mass is 9.90. The number of hydrogen-bond donors (Lipinski definition) is 2. The second-order valence-corrected chi connectivity index (χ2v) is 5.91. The Bertz CT molecular complexity index is 586. The number of esters is 2. The minimum Gasteiger partial charge on any atom is -0.458 e. The maximum Gasteiger partial charge on any atom is 0.337 e. The Kier molecular flexibility index (Phi) is 5.38. The van der Waals surface area contributed by atoms with Crippen LogP contribution in [-0.2, 0) is 19.1 Å². The van der Waals surface area contributed by atoms with Crippen LogP contribution in [0, 0.1) is 0 Å². The Labute approximate surface area is 135 Å².